The molecule has 98 valence electrons. The summed E-state index contributed by atoms with van der Waals surface area (Å²) in [7, 11) is 1.58. The van der Waals surface area contributed by atoms with Crippen molar-refractivity contribution in [2.24, 2.45) is 0 Å². The second-order valence-electron chi connectivity index (χ2n) is 4.52. The van der Waals surface area contributed by atoms with Crippen LogP contribution in [0.2, 0.25) is 0 Å². The summed E-state index contributed by atoms with van der Waals surface area (Å²) in [6.07, 6.45) is 2.19. The Balaban J connectivity index is 1.92. The third-order valence-corrected chi connectivity index (χ3v) is 6.31. The van der Waals surface area contributed by atoms with E-state index in [2.05, 4.69) is 60.0 Å². The Morgan fingerprint density at radius 1 is 0.800 bits per heavy atom. The van der Waals surface area contributed by atoms with Gasteiger partial charge in [-0.2, -0.15) is 0 Å². The number of rotatable bonds is 2. The summed E-state index contributed by atoms with van der Waals surface area (Å²) in [5, 5.41) is 2.13. The van der Waals surface area contributed by atoms with Crippen molar-refractivity contribution in [2.45, 2.75) is 0 Å². The zero-order chi connectivity index (χ0) is 13.4. The maximum Gasteiger partial charge on any atom is 0.154 e. The molecule has 0 amide bonds. The monoisotopic (exact) mass is 296 g/mol. The van der Waals surface area contributed by atoms with E-state index in [-0.39, 0.29) is 9.80 Å². The molecule has 2 aliphatic rings. The average Bonchev–Trinajstić information content (AvgIpc) is 3.09. The second kappa shape index (κ2) is 5.00. The largest absolute Gasteiger partial charge is 0.421 e. The van der Waals surface area contributed by atoms with E-state index in [0.29, 0.717) is 0 Å². The number of benzene rings is 2. The Bertz CT molecular complexity index is 743. The first-order valence-corrected chi connectivity index (χ1v) is 8.97. The van der Waals surface area contributed by atoms with Crippen molar-refractivity contribution in [2.75, 3.05) is 0 Å². The van der Waals surface area contributed by atoms with Crippen LogP contribution in [0.25, 0.3) is 11.3 Å². The lowest BCUT2D eigenvalue weighted by molar-refractivity contribution is 0.617. The minimum atomic E-state index is -0.181. The predicted octanol–water partition coefficient (Wildman–Crippen LogP) is 5.12. The van der Waals surface area contributed by atoms with Crippen molar-refractivity contribution >= 4 is 36.8 Å². The van der Waals surface area contributed by atoms with Gasteiger partial charge in [-0.25, -0.2) is 0 Å². The Kier molecular flexibility index (Phi) is 3.02. The quantitative estimate of drug-likeness (QED) is 0.562. The van der Waals surface area contributed by atoms with Crippen molar-refractivity contribution in [3.63, 3.8) is 0 Å². The molecule has 0 saturated carbocycles. The number of allylic oxidation sites excluding steroid dienone is 2. The third kappa shape index (κ3) is 1.94. The van der Waals surface area contributed by atoms with Crippen LogP contribution in [0.5, 0.6) is 0 Å². The molecular weight excluding hydrogens is 284 g/mol. The summed E-state index contributed by atoms with van der Waals surface area (Å²) in [6.45, 7) is 0. The lowest BCUT2D eigenvalue weighted by atomic mass is 9.98. The molecule has 1 unspecified atom stereocenters. The van der Waals surface area contributed by atoms with Crippen LogP contribution in [0.15, 0.2) is 72.1 Å². The smallest absolute Gasteiger partial charge is 0.154 e. The van der Waals surface area contributed by atoms with Crippen LogP contribution >= 0.6 is 20.6 Å². The van der Waals surface area contributed by atoms with E-state index >= 15 is 0 Å². The van der Waals surface area contributed by atoms with Crippen LogP contribution in [0.1, 0.15) is 11.1 Å². The van der Waals surface area contributed by atoms with Gasteiger partial charge in [0.1, 0.15) is 0 Å². The molecule has 20 heavy (non-hydrogen) atoms. The molecule has 1 nitrogen and oxygen atoms in total. The Hall–Kier alpha value is -1.71. The SMILES string of the molecule is C1=CC2=S(OC(c3ccccc3)=C2c2ccccc2)S1. The molecule has 0 fully saturated rings. The van der Waals surface area contributed by atoms with Crippen LogP contribution in [0, 0.1) is 0 Å². The van der Waals surface area contributed by atoms with Gasteiger partial charge in [0, 0.05) is 11.1 Å². The molecule has 2 aromatic rings. The van der Waals surface area contributed by atoms with Gasteiger partial charge in [0.25, 0.3) is 0 Å². The van der Waals surface area contributed by atoms with Crippen LogP contribution in [0.4, 0.5) is 0 Å². The fourth-order valence-electron chi connectivity index (χ4n) is 2.37. The minimum Gasteiger partial charge on any atom is -0.421 e. The number of hydrogen-bond donors (Lipinski definition) is 0. The van der Waals surface area contributed by atoms with Gasteiger partial charge in [-0.05, 0) is 27.8 Å². The van der Waals surface area contributed by atoms with Crippen molar-refractivity contribution in [3.8, 4) is 0 Å². The number of hydrogen-bond acceptors (Lipinski definition) is 2. The molecule has 0 N–H and O–H groups in total. The van der Waals surface area contributed by atoms with Gasteiger partial charge in [-0.3, -0.25) is 0 Å². The third-order valence-electron chi connectivity index (χ3n) is 3.27. The van der Waals surface area contributed by atoms with Crippen LogP contribution in [0.3, 0.4) is 0 Å². The van der Waals surface area contributed by atoms with Crippen molar-refractivity contribution in [3.05, 3.63) is 83.3 Å². The Labute approximate surface area is 124 Å². The van der Waals surface area contributed by atoms with Crippen LogP contribution in [-0.2, 0) is 4.18 Å². The molecule has 2 aromatic carbocycles. The van der Waals surface area contributed by atoms with Gasteiger partial charge in [0.15, 0.2) is 5.76 Å². The molecule has 0 aliphatic carbocycles. The minimum absolute atomic E-state index is 0.181. The van der Waals surface area contributed by atoms with Gasteiger partial charge in [-0.1, -0.05) is 60.7 Å². The summed E-state index contributed by atoms with van der Waals surface area (Å²) in [5.74, 6) is 1.01. The second-order valence-corrected chi connectivity index (χ2v) is 7.54. The zero-order valence-corrected chi connectivity index (χ0v) is 12.3. The standard InChI is InChI=1S/C17H12OS2/c1-3-7-13(8-4-1)16-15-11-12-19-20(15)18-17(16)14-9-5-2-6-10-14/h1-12H. The van der Waals surface area contributed by atoms with Crippen molar-refractivity contribution in [1.29, 1.82) is 0 Å². The van der Waals surface area contributed by atoms with Crippen LogP contribution < -0.4 is 0 Å². The van der Waals surface area contributed by atoms with Gasteiger partial charge in [-0.15, -0.1) is 0 Å². The zero-order valence-electron chi connectivity index (χ0n) is 10.7. The van der Waals surface area contributed by atoms with Gasteiger partial charge >= 0.3 is 0 Å². The highest BCUT2D eigenvalue weighted by atomic mass is 33.1. The predicted molar refractivity (Wildman–Crippen MR) is 90.1 cm³/mol. The molecule has 0 saturated heterocycles. The van der Waals surface area contributed by atoms with E-state index in [1.54, 1.807) is 10.8 Å². The molecule has 4 rings (SSSR count). The molecule has 0 bridgehead atoms. The first-order valence-electron chi connectivity index (χ1n) is 6.42. The molecule has 2 heterocycles. The van der Waals surface area contributed by atoms with E-state index in [1.165, 1.54) is 16.0 Å². The highest BCUT2D eigenvalue weighted by molar-refractivity contribution is 8.84. The van der Waals surface area contributed by atoms with E-state index in [0.717, 1.165) is 11.3 Å². The Morgan fingerprint density at radius 3 is 2.15 bits per heavy atom. The van der Waals surface area contributed by atoms with E-state index in [1.807, 2.05) is 12.1 Å². The van der Waals surface area contributed by atoms with Crippen LogP contribution in [-0.4, -0.2) is 4.86 Å². The molecule has 1 atom stereocenters. The molecule has 3 heteroatoms. The first-order chi connectivity index (χ1) is 9.93. The molecule has 0 radical (unpaired) electrons. The summed E-state index contributed by atoms with van der Waals surface area (Å²) in [6, 6.07) is 20.9. The summed E-state index contributed by atoms with van der Waals surface area (Å²) in [4.78, 5) is 1.31. The lowest BCUT2D eigenvalue weighted by Gasteiger charge is -2.09. The first kappa shape index (κ1) is 12.1. The fraction of sp³-hybridized carbons (Fsp3) is 0. The fourth-order valence-corrected chi connectivity index (χ4v) is 5.39. The average molecular weight is 296 g/mol. The Morgan fingerprint density at radius 2 is 1.45 bits per heavy atom. The van der Waals surface area contributed by atoms with Crippen molar-refractivity contribution < 1.29 is 4.18 Å². The summed E-state index contributed by atoms with van der Waals surface area (Å²) in [5.41, 5.74) is 3.61. The van der Waals surface area contributed by atoms with E-state index in [4.69, 9.17) is 4.18 Å². The van der Waals surface area contributed by atoms with Crippen molar-refractivity contribution in [1.82, 2.24) is 0 Å². The molecule has 0 spiro atoms. The summed E-state index contributed by atoms with van der Waals surface area (Å²) < 4.78 is 6.21. The normalized spacial score (nSPS) is 20.2. The molecular formula is C17H12OS2. The van der Waals surface area contributed by atoms with Gasteiger partial charge in [0.2, 0.25) is 0 Å². The van der Waals surface area contributed by atoms with E-state index in [9.17, 15) is 0 Å². The lowest BCUT2D eigenvalue weighted by Crippen LogP contribution is -1.96. The topological polar surface area (TPSA) is 9.23 Å². The molecule has 0 aromatic heterocycles. The van der Waals surface area contributed by atoms with E-state index < -0.39 is 0 Å². The maximum absolute atomic E-state index is 6.21. The van der Waals surface area contributed by atoms with Gasteiger partial charge in [0.05, 0.1) is 14.7 Å². The molecule has 2 aliphatic heterocycles. The highest BCUT2D eigenvalue weighted by Gasteiger charge is 2.29. The highest BCUT2D eigenvalue weighted by Crippen LogP contribution is 2.53. The van der Waals surface area contributed by atoms with Gasteiger partial charge < -0.3 is 4.18 Å². The maximum atomic E-state index is 6.21. The summed E-state index contributed by atoms with van der Waals surface area (Å²) >= 11 is 0.